The van der Waals surface area contributed by atoms with Crippen LogP contribution < -0.4 is 0 Å². The molecular formula is C20H37N. The lowest BCUT2D eigenvalue weighted by atomic mass is 10.1. The molecule has 0 fully saturated rings. The average Bonchev–Trinajstić information content (AvgIpc) is 2.44. The number of aryl methyl sites for hydroxylation is 2. The van der Waals surface area contributed by atoms with Crippen molar-refractivity contribution in [3.05, 3.63) is 47.7 Å². The zero-order valence-corrected chi connectivity index (χ0v) is 15.5. The summed E-state index contributed by atoms with van der Waals surface area (Å²) in [6.07, 6.45) is 4.79. The molecule has 0 unspecified atom stereocenters. The molecule has 1 heteroatoms. The average molecular weight is 292 g/mol. The molecule has 0 saturated carbocycles. The fourth-order valence-electron chi connectivity index (χ4n) is 1.64. The van der Waals surface area contributed by atoms with Gasteiger partial charge in [-0.05, 0) is 37.8 Å². The van der Waals surface area contributed by atoms with E-state index in [1.807, 2.05) is 0 Å². The summed E-state index contributed by atoms with van der Waals surface area (Å²) in [7, 11) is 2.11. The summed E-state index contributed by atoms with van der Waals surface area (Å²) >= 11 is 0. The molecule has 0 aliphatic heterocycles. The van der Waals surface area contributed by atoms with E-state index < -0.39 is 0 Å². The third-order valence-corrected chi connectivity index (χ3v) is 3.06. The van der Waals surface area contributed by atoms with E-state index in [0.29, 0.717) is 0 Å². The minimum absolute atomic E-state index is 1.14. The van der Waals surface area contributed by atoms with Gasteiger partial charge >= 0.3 is 0 Å². The molecule has 21 heavy (non-hydrogen) atoms. The minimum Gasteiger partial charge on any atom is -0.378 e. The molecule has 1 aromatic carbocycles. The van der Waals surface area contributed by atoms with E-state index >= 15 is 0 Å². The second-order valence-corrected chi connectivity index (χ2v) is 5.53. The predicted octanol–water partition coefficient (Wildman–Crippen LogP) is 6.36. The van der Waals surface area contributed by atoms with Crippen molar-refractivity contribution in [1.82, 2.24) is 4.90 Å². The molecule has 0 saturated heterocycles. The third-order valence-electron chi connectivity index (χ3n) is 3.06. The highest BCUT2D eigenvalue weighted by molar-refractivity contribution is 5.23. The Labute approximate surface area is 134 Å². The van der Waals surface area contributed by atoms with Crippen LogP contribution >= 0.6 is 0 Å². The predicted molar refractivity (Wildman–Crippen MR) is 98.9 cm³/mol. The summed E-state index contributed by atoms with van der Waals surface area (Å²) in [5, 5.41) is 0. The highest BCUT2D eigenvalue weighted by Gasteiger charge is 1.97. The Morgan fingerprint density at radius 3 is 1.67 bits per heavy atom. The number of hydrogen-bond acceptors (Lipinski definition) is 1. The monoisotopic (exact) mass is 291 g/mol. The van der Waals surface area contributed by atoms with Gasteiger partial charge in [-0.1, -0.05) is 71.4 Å². The molecule has 1 nitrogen and oxygen atoms in total. The summed E-state index contributed by atoms with van der Waals surface area (Å²) in [5.41, 5.74) is 4.00. The van der Waals surface area contributed by atoms with E-state index in [2.05, 4.69) is 84.3 Å². The summed E-state index contributed by atoms with van der Waals surface area (Å²) in [5.74, 6) is 0. The van der Waals surface area contributed by atoms with Crippen LogP contribution in [0.5, 0.6) is 0 Å². The first-order valence-electron chi connectivity index (χ1n) is 8.35. The standard InChI is InChI=1S/C9H19N.C8H10.C3H8/c1-5-7-9(3)10(4)8-6-2;1-7-5-3-4-6-8(7)2;1-3-2/h3,5-8H2,1-2,4H3;3-6H,1-2H3;3H2,1-2H3. The Balaban J connectivity index is 0. The lowest BCUT2D eigenvalue weighted by molar-refractivity contribution is 0.401. The van der Waals surface area contributed by atoms with Crippen LogP contribution in [0.25, 0.3) is 0 Å². The fraction of sp³-hybridized carbons (Fsp3) is 0.600. The zero-order chi connectivity index (χ0) is 16.7. The third kappa shape index (κ3) is 13.5. The van der Waals surface area contributed by atoms with Crippen molar-refractivity contribution < 1.29 is 0 Å². The second-order valence-electron chi connectivity index (χ2n) is 5.53. The Morgan fingerprint density at radius 2 is 1.38 bits per heavy atom. The van der Waals surface area contributed by atoms with Crippen molar-refractivity contribution in [2.45, 2.75) is 67.2 Å². The summed E-state index contributed by atoms with van der Waals surface area (Å²) < 4.78 is 0. The molecule has 0 spiro atoms. The Kier molecular flexibility index (Phi) is 15.9. The maximum absolute atomic E-state index is 3.99. The molecule has 0 aliphatic rings. The van der Waals surface area contributed by atoms with E-state index in [0.717, 1.165) is 13.0 Å². The molecular weight excluding hydrogens is 254 g/mol. The first kappa shape index (κ1) is 22.0. The molecule has 0 atom stereocenters. The first-order valence-corrected chi connectivity index (χ1v) is 8.35. The van der Waals surface area contributed by atoms with Gasteiger partial charge in [-0.2, -0.15) is 0 Å². The summed E-state index contributed by atoms with van der Waals surface area (Å²) in [6.45, 7) is 18.0. The van der Waals surface area contributed by atoms with Gasteiger partial charge in [-0.15, -0.1) is 0 Å². The van der Waals surface area contributed by atoms with Gasteiger partial charge in [0.15, 0.2) is 0 Å². The Bertz CT molecular complexity index is 334. The molecule has 0 radical (unpaired) electrons. The van der Waals surface area contributed by atoms with Crippen molar-refractivity contribution >= 4 is 0 Å². The van der Waals surface area contributed by atoms with Gasteiger partial charge in [0.25, 0.3) is 0 Å². The maximum atomic E-state index is 3.99. The van der Waals surface area contributed by atoms with E-state index in [-0.39, 0.29) is 0 Å². The number of hydrogen-bond donors (Lipinski definition) is 0. The second kappa shape index (κ2) is 15.2. The maximum Gasteiger partial charge on any atom is 0.0168 e. The molecule has 0 amide bonds. The Hall–Kier alpha value is -1.24. The first-order chi connectivity index (χ1) is 9.94. The molecule has 0 aliphatic carbocycles. The normalized spacial score (nSPS) is 8.90. The number of nitrogens with zero attached hydrogens (tertiary/aromatic N) is 1. The van der Waals surface area contributed by atoms with Crippen molar-refractivity contribution in [3.8, 4) is 0 Å². The molecule has 0 N–H and O–H groups in total. The van der Waals surface area contributed by atoms with E-state index in [9.17, 15) is 0 Å². The van der Waals surface area contributed by atoms with Crippen LogP contribution in [0.2, 0.25) is 0 Å². The molecule has 0 bridgehead atoms. The van der Waals surface area contributed by atoms with Crippen LogP contribution in [-0.4, -0.2) is 18.5 Å². The van der Waals surface area contributed by atoms with Crippen molar-refractivity contribution in [1.29, 1.82) is 0 Å². The largest absolute Gasteiger partial charge is 0.378 e. The quantitative estimate of drug-likeness (QED) is 0.610. The number of rotatable bonds is 5. The van der Waals surface area contributed by atoms with Gasteiger partial charge in [0, 0.05) is 19.3 Å². The topological polar surface area (TPSA) is 3.24 Å². The van der Waals surface area contributed by atoms with Gasteiger partial charge in [0.2, 0.25) is 0 Å². The van der Waals surface area contributed by atoms with Gasteiger partial charge in [0.05, 0.1) is 0 Å². The number of allylic oxidation sites excluding steroid dienone is 1. The molecule has 0 heterocycles. The fourth-order valence-corrected chi connectivity index (χ4v) is 1.64. The number of benzene rings is 1. The lowest BCUT2D eigenvalue weighted by Crippen LogP contribution is -2.17. The Morgan fingerprint density at radius 1 is 0.952 bits per heavy atom. The van der Waals surface area contributed by atoms with E-state index in [4.69, 9.17) is 0 Å². The SMILES string of the molecule is C=C(CCC)N(C)CCC.CCC.Cc1ccccc1C. The summed E-state index contributed by atoms with van der Waals surface area (Å²) in [6, 6.07) is 8.36. The van der Waals surface area contributed by atoms with Crippen LogP contribution in [0.15, 0.2) is 36.5 Å². The van der Waals surface area contributed by atoms with Gasteiger partial charge in [-0.25, -0.2) is 0 Å². The van der Waals surface area contributed by atoms with E-state index in [1.165, 1.54) is 36.1 Å². The van der Waals surface area contributed by atoms with Crippen molar-refractivity contribution in [3.63, 3.8) is 0 Å². The van der Waals surface area contributed by atoms with Gasteiger partial charge < -0.3 is 4.90 Å². The van der Waals surface area contributed by atoms with E-state index in [1.54, 1.807) is 0 Å². The zero-order valence-electron chi connectivity index (χ0n) is 15.5. The molecule has 1 rings (SSSR count). The van der Waals surface area contributed by atoms with Crippen molar-refractivity contribution in [2.24, 2.45) is 0 Å². The van der Waals surface area contributed by atoms with Gasteiger partial charge in [0.1, 0.15) is 0 Å². The van der Waals surface area contributed by atoms with Crippen molar-refractivity contribution in [2.75, 3.05) is 13.6 Å². The highest BCUT2D eigenvalue weighted by Crippen LogP contribution is 2.06. The minimum atomic E-state index is 1.14. The highest BCUT2D eigenvalue weighted by atomic mass is 15.1. The van der Waals surface area contributed by atoms with Crippen LogP contribution in [-0.2, 0) is 0 Å². The molecule has 0 aromatic heterocycles. The summed E-state index contributed by atoms with van der Waals surface area (Å²) in [4.78, 5) is 2.24. The molecule has 1 aromatic rings. The van der Waals surface area contributed by atoms with Gasteiger partial charge in [-0.3, -0.25) is 0 Å². The lowest BCUT2D eigenvalue weighted by Gasteiger charge is -2.20. The molecule has 122 valence electrons. The smallest absolute Gasteiger partial charge is 0.0168 e. The van der Waals surface area contributed by atoms with Crippen LogP contribution in [0.1, 0.15) is 64.5 Å². The van der Waals surface area contributed by atoms with Crippen LogP contribution in [0.4, 0.5) is 0 Å². The van der Waals surface area contributed by atoms with Crippen LogP contribution in [0.3, 0.4) is 0 Å². The van der Waals surface area contributed by atoms with Crippen LogP contribution in [0, 0.1) is 13.8 Å².